The highest BCUT2D eigenvalue weighted by Gasteiger charge is 2.01. The third-order valence-electron chi connectivity index (χ3n) is 3.39. The lowest BCUT2D eigenvalue weighted by Crippen LogP contribution is -2.07. The van der Waals surface area contributed by atoms with Crippen LogP contribution in [0, 0.1) is 6.92 Å². The van der Waals surface area contributed by atoms with Gasteiger partial charge in [0.25, 0.3) is 0 Å². The molecule has 106 valence electrons. The van der Waals surface area contributed by atoms with Crippen LogP contribution in [0.1, 0.15) is 16.1 Å². The van der Waals surface area contributed by atoms with Gasteiger partial charge in [-0.25, -0.2) is 4.98 Å². The standard InChI is InChI=1S/C18H18N2S/c1-13-4-10-17-16(12-13)19-18(21-17)11-7-14-5-8-15(9-6-14)20(2)3/h4-12H,1-3H3/b11-7+. The van der Waals surface area contributed by atoms with E-state index < -0.39 is 0 Å². The van der Waals surface area contributed by atoms with Crippen LogP contribution >= 0.6 is 11.3 Å². The molecule has 0 saturated heterocycles. The Kier molecular flexibility index (Phi) is 3.76. The molecular formula is C18H18N2S. The summed E-state index contributed by atoms with van der Waals surface area (Å²) in [5, 5.41) is 1.05. The second kappa shape index (κ2) is 5.70. The smallest absolute Gasteiger partial charge is 0.117 e. The van der Waals surface area contributed by atoms with Crippen LogP contribution in [0.15, 0.2) is 42.5 Å². The summed E-state index contributed by atoms with van der Waals surface area (Å²) in [6.07, 6.45) is 4.20. The van der Waals surface area contributed by atoms with E-state index >= 15 is 0 Å². The van der Waals surface area contributed by atoms with Gasteiger partial charge in [0.1, 0.15) is 5.01 Å². The average molecular weight is 294 g/mol. The fourth-order valence-corrected chi connectivity index (χ4v) is 3.03. The zero-order valence-corrected chi connectivity index (χ0v) is 13.3. The fraction of sp³-hybridized carbons (Fsp3) is 0.167. The predicted molar refractivity (Wildman–Crippen MR) is 94.1 cm³/mol. The van der Waals surface area contributed by atoms with Crippen LogP contribution in [0.25, 0.3) is 22.4 Å². The van der Waals surface area contributed by atoms with Crippen molar-refractivity contribution in [1.82, 2.24) is 4.98 Å². The Labute approximate surface area is 129 Å². The van der Waals surface area contributed by atoms with Crippen LogP contribution in [-0.4, -0.2) is 19.1 Å². The quantitative estimate of drug-likeness (QED) is 0.687. The van der Waals surface area contributed by atoms with Crippen molar-refractivity contribution in [1.29, 1.82) is 0 Å². The minimum Gasteiger partial charge on any atom is -0.378 e. The number of rotatable bonds is 3. The van der Waals surface area contributed by atoms with Crippen molar-refractivity contribution in [3.05, 3.63) is 58.6 Å². The molecule has 0 fully saturated rings. The van der Waals surface area contributed by atoms with Crippen molar-refractivity contribution in [3.63, 3.8) is 0 Å². The molecule has 3 heteroatoms. The van der Waals surface area contributed by atoms with Crippen LogP contribution in [-0.2, 0) is 0 Å². The van der Waals surface area contributed by atoms with Crippen LogP contribution in [0.4, 0.5) is 5.69 Å². The maximum absolute atomic E-state index is 4.66. The third kappa shape index (κ3) is 3.14. The first kappa shape index (κ1) is 13.8. The maximum atomic E-state index is 4.66. The zero-order valence-electron chi connectivity index (χ0n) is 12.5. The van der Waals surface area contributed by atoms with Crippen LogP contribution < -0.4 is 4.90 Å². The van der Waals surface area contributed by atoms with E-state index in [2.05, 4.69) is 71.4 Å². The first-order valence-electron chi connectivity index (χ1n) is 6.94. The number of aromatic nitrogens is 1. The first-order valence-corrected chi connectivity index (χ1v) is 7.76. The average Bonchev–Trinajstić information content (AvgIpc) is 2.87. The van der Waals surface area contributed by atoms with E-state index in [1.54, 1.807) is 11.3 Å². The number of benzene rings is 2. The summed E-state index contributed by atoms with van der Waals surface area (Å²) < 4.78 is 1.24. The van der Waals surface area contributed by atoms with Gasteiger partial charge in [-0.2, -0.15) is 0 Å². The molecule has 0 aliphatic heterocycles. The molecule has 0 aliphatic rings. The van der Waals surface area contributed by atoms with Crippen LogP contribution in [0.5, 0.6) is 0 Å². The topological polar surface area (TPSA) is 16.1 Å². The van der Waals surface area contributed by atoms with Gasteiger partial charge in [-0.05, 0) is 48.4 Å². The van der Waals surface area contributed by atoms with Gasteiger partial charge in [0.15, 0.2) is 0 Å². The number of nitrogens with zero attached hydrogens (tertiary/aromatic N) is 2. The van der Waals surface area contributed by atoms with Gasteiger partial charge in [0, 0.05) is 19.8 Å². The molecule has 0 spiro atoms. The van der Waals surface area contributed by atoms with Crippen molar-refractivity contribution in [2.75, 3.05) is 19.0 Å². The minimum absolute atomic E-state index is 1.05. The minimum atomic E-state index is 1.05. The number of fused-ring (bicyclic) bond motifs is 1. The monoisotopic (exact) mass is 294 g/mol. The van der Waals surface area contributed by atoms with E-state index in [9.17, 15) is 0 Å². The Bertz CT molecular complexity index is 783. The molecular weight excluding hydrogens is 276 g/mol. The largest absolute Gasteiger partial charge is 0.378 e. The molecule has 21 heavy (non-hydrogen) atoms. The van der Waals surface area contributed by atoms with Gasteiger partial charge in [-0.1, -0.05) is 24.3 Å². The molecule has 1 heterocycles. The van der Waals surface area contributed by atoms with Gasteiger partial charge in [-0.3, -0.25) is 0 Å². The lowest BCUT2D eigenvalue weighted by Gasteiger charge is -2.11. The highest BCUT2D eigenvalue weighted by Crippen LogP contribution is 2.24. The number of anilines is 1. The van der Waals surface area contributed by atoms with Gasteiger partial charge < -0.3 is 4.90 Å². The van der Waals surface area contributed by atoms with Gasteiger partial charge in [0.2, 0.25) is 0 Å². The van der Waals surface area contributed by atoms with E-state index in [1.165, 1.54) is 21.5 Å². The number of hydrogen-bond acceptors (Lipinski definition) is 3. The summed E-state index contributed by atoms with van der Waals surface area (Å²) in [4.78, 5) is 6.76. The Morgan fingerprint density at radius 3 is 2.48 bits per heavy atom. The molecule has 2 nitrogen and oxygen atoms in total. The molecule has 0 aliphatic carbocycles. The van der Waals surface area contributed by atoms with Crippen LogP contribution in [0.2, 0.25) is 0 Å². The highest BCUT2D eigenvalue weighted by molar-refractivity contribution is 7.19. The fourth-order valence-electron chi connectivity index (χ4n) is 2.18. The molecule has 0 N–H and O–H groups in total. The predicted octanol–water partition coefficient (Wildman–Crippen LogP) is 4.84. The van der Waals surface area contributed by atoms with E-state index in [0.29, 0.717) is 0 Å². The van der Waals surface area contributed by atoms with Crippen molar-refractivity contribution in [2.24, 2.45) is 0 Å². The van der Waals surface area contributed by atoms with Crippen molar-refractivity contribution in [3.8, 4) is 0 Å². The Balaban J connectivity index is 1.83. The SMILES string of the molecule is Cc1ccc2sc(/C=C/c3ccc(N(C)C)cc3)nc2c1. The lowest BCUT2D eigenvalue weighted by molar-refractivity contribution is 1.13. The summed E-state index contributed by atoms with van der Waals surface area (Å²) >= 11 is 1.73. The van der Waals surface area contributed by atoms with E-state index in [0.717, 1.165) is 10.5 Å². The van der Waals surface area contributed by atoms with E-state index in [4.69, 9.17) is 0 Å². The normalized spacial score (nSPS) is 11.4. The summed E-state index contributed by atoms with van der Waals surface area (Å²) in [5.74, 6) is 0. The molecule has 0 radical (unpaired) electrons. The summed E-state index contributed by atoms with van der Waals surface area (Å²) in [5.41, 5.74) is 4.74. The van der Waals surface area contributed by atoms with E-state index in [-0.39, 0.29) is 0 Å². The summed E-state index contributed by atoms with van der Waals surface area (Å²) in [7, 11) is 4.10. The van der Waals surface area contributed by atoms with Gasteiger partial charge in [-0.15, -0.1) is 11.3 Å². The highest BCUT2D eigenvalue weighted by atomic mass is 32.1. The third-order valence-corrected chi connectivity index (χ3v) is 4.39. The van der Waals surface area contributed by atoms with Gasteiger partial charge >= 0.3 is 0 Å². The van der Waals surface area contributed by atoms with E-state index in [1.807, 2.05) is 14.1 Å². The molecule has 0 unspecified atom stereocenters. The molecule has 0 atom stereocenters. The molecule has 1 aromatic heterocycles. The van der Waals surface area contributed by atoms with Crippen molar-refractivity contribution >= 4 is 39.4 Å². The first-order chi connectivity index (χ1) is 10.1. The number of thiazole rings is 1. The number of hydrogen-bond donors (Lipinski definition) is 0. The van der Waals surface area contributed by atoms with Crippen molar-refractivity contribution in [2.45, 2.75) is 6.92 Å². The Morgan fingerprint density at radius 1 is 1.00 bits per heavy atom. The zero-order chi connectivity index (χ0) is 14.8. The molecule has 0 bridgehead atoms. The number of aryl methyl sites for hydroxylation is 1. The lowest BCUT2D eigenvalue weighted by atomic mass is 10.2. The molecule has 0 saturated carbocycles. The molecule has 0 amide bonds. The molecule has 3 rings (SSSR count). The Morgan fingerprint density at radius 2 is 1.76 bits per heavy atom. The molecule has 2 aromatic carbocycles. The summed E-state index contributed by atoms with van der Waals surface area (Å²) in [6, 6.07) is 14.9. The second-order valence-corrected chi connectivity index (χ2v) is 6.40. The van der Waals surface area contributed by atoms with Crippen molar-refractivity contribution < 1.29 is 0 Å². The Hall–Kier alpha value is -2.13. The van der Waals surface area contributed by atoms with Gasteiger partial charge in [0.05, 0.1) is 10.2 Å². The summed E-state index contributed by atoms with van der Waals surface area (Å²) in [6.45, 7) is 2.10. The van der Waals surface area contributed by atoms with Crippen LogP contribution in [0.3, 0.4) is 0 Å². The molecule has 3 aromatic rings. The second-order valence-electron chi connectivity index (χ2n) is 5.34. The maximum Gasteiger partial charge on any atom is 0.117 e.